The molecule has 8 nitrogen and oxygen atoms in total. The smallest absolute Gasteiger partial charge is 0.263 e. The van der Waals surface area contributed by atoms with Crippen LogP contribution in [0.5, 0.6) is 0 Å². The summed E-state index contributed by atoms with van der Waals surface area (Å²) in [5, 5.41) is 10.3. The molecule has 0 saturated carbocycles. The lowest BCUT2D eigenvalue weighted by Crippen LogP contribution is -2.37. The first-order chi connectivity index (χ1) is 14.6. The Morgan fingerprint density at radius 2 is 2.00 bits per heavy atom. The van der Waals surface area contributed by atoms with Crippen LogP contribution in [-0.2, 0) is 13.1 Å². The number of aryl methyl sites for hydroxylation is 1. The average Bonchev–Trinajstić information content (AvgIpc) is 3.30. The molecule has 3 heterocycles. The van der Waals surface area contributed by atoms with Crippen molar-refractivity contribution in [1.82, 2.24) is 30.0 Å². The molecular weight excluding hydrogens is 451 g/mol. The fourth-order valence-electron chi connectivity index (χ4n) is 3.82. The number of aromatic nitrogens is 4. The molecule has 0 bridgehead atoms. The van der Waals surface area contributed by atoms with Crippen molar-refractivity contribution in [3.05, 3.63) is 76.2 Å². The lowest BCUT2D eigenvalue weighted by molar-refractivity contribution is 0.0948. The highest BCUT2D eigenvalue weighted by molar-refractivity contribution is 5.95. The number of rotatable bonds is 6. The second-order valence-corrected chi connectivity index (χ2v) is 7.73. The van der Waals surface area contributed by atoms with Gasteiger partial charge in [0.05, 0.1) is 5.69 Å². The number of nitrogens with zero attached hydrogens (tertiary/aromatic N) is 4. The molecule has 1 fully saturated rings. The van der Waals surface area contributed by atoms with E-state index in [2.05, 4.69) is 20.7 Å². The quantitative estimate of drug-likeness (QED) is 0.567. The number of benzene rings is 1. The molecule has 3 aromatic rings. The normalized spacial score (nSPS) is 15.3. The number of amides is 1. The molecule has 2 aromatic heterocycles. The Bertz CT molecular complexity index is 1060. The summed E-state index contributed by atoms with van der Waals surface area (Å²) in [5.74, 6) is 0.0764. The standard InChI is InChI=1S/C22H26N6O2.2ClH/c1-16-8-10-27(13-18-3-2-9-23-11-18)22(30)20(16)21(29)25-12-17-4-6-19(7-5-17)28-15-24-14-26-28;;/h4-8,10,14-15,18,23H,2-3,9,11-13H2,1H3,(H,25,29);2*1H. The largest absolute Gasteiger partial charge is 0.348 e. The Kier molecular flexibility index (Phi) is 9.43. The van der Waals surface area contributed by atoms with E-state index in [9.17, 15) is 9.59 Å². The molecule has 1 aliphatic heterocycles. The van der Waals surface area contributed by atoms with E-state index in [0.717, 1.165) is 37.2 Å². The number of pyridine rings is 1. The monoisotopic (exact) mass is 478 g/mol. The third-order valence-electron chi connectivity index (χ3n) is 5.53. The molecule has 1 unspecified atom stereocenters. The first kappa shape index (κ1) is 25.6. The van der Waals surface area contributed by atoms with Crippen LogP contribution in [0.25, 0.3) is 5.69 Å². The first-order valence-corrected chi connectivity index (χ1v) is 10.2. The molecule has 172 valence electrons. The maximum atomic E-state index is 13.0. The van der Waals surface area contributed by atoms with Gasteiger partial charge in [0.2, 0.25) is 0 Å². The average molecular weight is 479 g/mol. The number of halogens is 2. The van der Waals surface area contributed by atoms with Gasteiger partial charge in [-0.05, 0) is 68.1 Å². The molecule has 32 heavy (non-hydrogen) atoms. The van der Waals surface area contributed by atoms with Gasteiger partial charge in [-0.15, -0.1) is 24.8 Å². The van der Waals surface area contributed by atoms with E-state index in [-0.39, 0.29) is 41.8 Å². The van der Waals surface area contributed by atoms with Crippen LogP contribution in [-0.4, -0.2) is 38.3 Å². The van der Waals surface area contributed by atoms with Gasteiger partial charge in [0.1, 0.15) is 18.2 Å². The van der Waals surface area contributed by atoms with Crippen LogP contribution in [0.4, 0.5) is 0 Å². The summed E-state index contributed by atoms with van der Waals surface area (Å²) in [6.45, 7) is 4.72. The predicted molar refractivity (Wildman–Crippen MR) is 128 cm³/mol. The minimum atomic E-state index is -0.339. The van der Waals surface area contributed by atoms with Crippen molar-refractivity contribution in [1.29, 1.82) is 0 Å². The first-order valence-electron chi connectivity index (χ1n) is 10.2. The molecule has 0 radical (unpaired) electrons. The van der Waals surface area contributed by atoms with Crippen molar-refractivity contribution in [2.75, 3.05) is 13.1 Å². The molecule has 4 rings (SSSR count). The van der Waals surface area contributed by atoms with Crippen molar-refractivity contribution in [3.63, 3.8) is 0 Å². The Morgan fingerprint density at radius 3 is 2.66 bits per heavy atom. The predicted octanol–water partition coefficient (Wildman–Crippen LogP) is 2.51. The summed E-state index contributed by atoms with van der Waals surface area (Å²) >= 11 is 0. The fourth-order valence-corrected chi connectivity index (χ4v) is 3.82. The fraction of sp³-hybridized carbons (Fsp3) is 0.364. The van der Waals surface area contributed by atoms with Crippen LogP contribution in [0.3, 0.4) is 0 Å². The third kappa shape index (κ3) is 5.97. The molecule has 0 aliphatic carbocycles. The summed E-state index contributed by atoms with van der Waals surface area (Å²) in [5.41, 5.74) is 2.52. The number of piperidine rings is 1. The van der Waals surface area contributed by atoms with Crippen molar-refractivity contribution >= 4 is 30.7 Å². The van der Waals surface area contributed by atoms with Gasteiger partial charge in [0.25, 0.3) is 11.5 Å². The van der Waals surface area contributed by atoms with Crippen LogP contribution >= 0.6 is 24.8 Å². The highest BCUT2D eigenvalue weighted by atomic mass is 35.5. The molecule has 0 spiro atoms. The Morgan fingerprint density at radius 1 is 1.22 bits per heavy atom. The van der Waals surface area contributed by atoms with E-state index in [1.54, 1.807) is 28.7 Å². The van der Waals surface area contributed by atoms with Gasteiger partial charge in [-0.25, -0.2) is 9.67 Å². The van der Waals surface area contributed by atoms with Crippen LogP contribution in [0.2, 0.25) is 0 Å². The SMILES string of the molecule is Cc1ccn(CC2CCCNC2)c(=O)c1C(=O)NCc1ccc(-n2cncn2)cc1.Cl.Cl. The van der Waals surface area contributed by atoms with Crippen molar-refractivity contribution in [2.24, 2.45) is 5.92 Å². The molecular formula is C22H28Cl2N6O2. The van der Waals surface area contributed by atoms with Crippen molar-refractivity contribution in [2.45, 2.75) is 32.9 Å². The number of carbonyl (C=O) groups excluding carboxylic acids is 1. The van der Waals surface area contributed by atoms with Crippen LogP contribution in [0, 0.1) is 12.8 Å². The molecule has 1 amide bonds. The third-order valence-corrected chi connectivity index (χ3v) is 5.53. The van der Waals surface area contributed by atoms with Gasteiger partial charge >= 0.3 is 0 Å². The van der Waals surface area contributed by atoms with E-state index in [4.69, 9.17) is 0 Å². The minimum absolute atomic E-state index is 0. The maximum absolute atomic E-state index is 13.0. The molecule has 10 heteroatoms. The summed E-state index contributed by atoms with van der Waals surface area (Å²) in [6.07, 6.45) is 7.12. The van der Waals surface area contributed by atoms with E-state index in [1.807, 2.05) is 30.3 Å². The zero-order valence-corrected chi connectivity index (χ0v) is 19.5. The lowest BCUT2D eigenvalue weighted by Gasteiger charge is -2.23. The zero-order chi connectivity index (χ0) is 20.9. The summed E-state index contributed by atoms with van der Waals surface area (Å²) < 4.78 is 3.34. The highest BCUT2D eigenvalue weighted by Crippen LogP contribution is 2.13. The van der Waals surface area contributed by atoms with Crippen molar-refractivity contribution < 1.29 is 4.79 Å². The second-order valence-electron chi connectivity index (χ2n) is 7.73. The Labute approximate surface area is 199 Å². The Hall–Kier alpha value is -2.68. The van der Waals surface area contributed by atoms with E-state index in [1.165, 1.54) is 6.33 Å². The van der Waals surface area contributed by atoms with Gasteiger partial charge in [0, 0.05) is 19.3 Å². The molecule has 1 aliphatic rings. The van der Waals surface area contributed by atoms with Crippen molar-refractivity contribution in [3.8, 4) is 5.69 Å². The van der Waals surface area contributed by atoms with Gasteiger partial charge in [-0.3, -0.25) is 9.59 Å². The van der Waals surface area contributed by atoms with Gasteiger partial charge in [-0.1, -0.05) is 12.1 Å². The highest BCUT2D eigenvalue weighted by Gasteiger charge is 2.19. The number of carbonyl (C=O) groups is 1. The molecule has 1 atom stereocenters. The zero-order valence-electron chi connectivity index (χ0n) is 17.9. The van der Waals surface area contributed by atoms with E-state index in [0.29, 0.717) is 24.6 Å². The van der Waals surface area contributed by atoms with Gasteiger partial charge in [-0.2, -0.15) is 5.10 Å². The summed E-state index contributed by atoms with van der Waals surface area (Å²) in [4.78, 5) is 29.7. The van der Waals surface area contributed by atoms with E-state index >= 15 is 0 Å². The number of hydrogen-bond donors (Lipinski definition) is 2. The second kappa shape index (κ2) is 11.8. The topological polar surface area (TPSA) is 93.8 Å². The van der Waals surface area contributed by atoms with E-state index < -0.39 is 0 Å². The molecule has 1 saturated heterocycles. The Balaban J connectivity index is 0.00000181. The lowest BCUT2D eigenvalue weighted by atomic mass is 9.99. The summed E-state index contributed by atoms with van der Waals surface area (Å²) in [7, 11) is 0. The van der Waals surface area contributed by atoms with Gasteiger partial charge < -0.3 is 15.2 Å². The van der Waals surface area contributed by atoms with Crippen LogP contribution in [0.1, 0.15) is 34.3 Å². The molecule has 1 aromatic carbocycles. The van der Waals surface area contributed by atoms with Crippen LogP contribution < -0.4 is 16.2 Å². The number of nitrogens with one attached hydrogen (secondary N) is 2. The van der Waals surface area contributed by atoms with Gasteiger partial charge in [0.15, 0.2) is 0 Å². The maximum Gasteiger partial charge on any atom is 0.263 e. The number of hydrogen-bond acceptors (Lipinski definition) is 5. The van der Waals surface area contributed by atoms with Crippen LogP contribution in [0.15, 0.2) is 54.0 Å². The minimum Gasteiger partial charge on any atom is -0.348 e. The molecule has 2 N–H and O–H groups in total. The summed E-state index contributed by atoms with van der Waals surface area (Å²) in [6, 6.07) is 9.51.